The van der Waals surface area contributed by atoms with Crippen LogP contribution in [0.1, 0.15) is 42.9 Å². The number of anilines is 1. The Morgan fingerprint density at radius 3 is 2.12 bits per heavy atom. The number of rotatable bonds is 4. The van der Waals surface area contributed by atoms with Crippen molar-refractivity contribution in [1.29, 1.82) is 0 Å². The van der Waals surface area contributed by atoms with Crippen molar-refractivity contribution in [3.63, 3.8) is 0 Å². The molecule has 0 radical (unpaired) electrons. The summed E-state index contributed by atoms with van der Waals surface area (Å²) in [5, 5.41) is 2.95. The number of nitrogens with one attached hydrogen (secondary N) is 1. The number of hydrogen-bond acceptors (Lipinski definition) is 2. The lowest BCUT2D eigenvalue weighted by molar-refractivity contribution is 0.222. The van der Waals surface area contributed by atoms with E-state index in [2.05, 4.69) is 10.3 Å². The van der Waals surface area contributed by atoms with E-state index in [4.69, 9.17) is 0 Å². The molecule has 5 rings (SSSR count). The van der Waals surface area contributed by atoms with E-state index < -0.39 is 11.6 Å². The lowest BCUT2D eigenvalue weighted by atomic mass is 9.99. The van der Waals surface area contributed by atoms with E-state index in [9.17, 15) is 13.6 Å². The Bertz CT molecular complexity index is 1160. The molecule has 0 aliphatic carbocycles. The molecular weight excluding hydrogens is 420 g/mol. The van der Waals surface area contributed by atoms with Gasteiger partial charge >= 0.3 is 6.03 Å². The number of carbonyl (C=O) groups is 1. The molecule has 0 saturated carbocycles. The van der Waals surface area contributed by atoms with Crippen molar-refractivity contribution in [3.05, 3.63) is 89.5 Å². The van der Waals surface area contributed by atoms with Crippen molar-refractivity contribution in [2.45, 2.75) is 31.7 Å². The van der Waals surface area contributed by atoms with Gasteiger partial charge in [-0.25, -0.2) is 13.6 Å². The van der Waals surface area contributed by atoms with E-state index in [1.165, 1.54) is 18.2 Å². The predicted molar refractivity (Wildman–Crippen MR) is 127 cm³/mol. The third-order valence-corrected chi connectivity index (χ3v) is 6.38. The SMILES string of the molecule is O=C(Nc1ccc(-c2ccc(C3CCC(c4c(F)cccc4F)=N3)cc2)cc1)N1CCCC1. The average Bonchev–Trinajstić information content (AvgIpc) is 3.53. The Balaban J connectivity index is 1.27. The summed E-state index contributed by atoms with van der Waals surface area (Å²) in [6, 6.07) is 19.7. The van der Waals surface area contributed by atoms with Gasteiger partial charge in [-0.05, 0) is 66.6 Å². The molecule has 3 aromatic carbocycles. The van der Waals surface area contributed by atoms with Gasteiger partial charge in [0.05, 0.1) is 11.6 Å². The summed E-state index contributed by atoms with van der Waals surface area (Å²) in [6.07, 6.45) is 3.41. The fraction of sp³-hybridized carbons (Fsp3) is 0.259. The molecule has 4 nitrogen and oxygen atoms in total. The first-order chi connectivity index (χ1) is 16.1. The fourth-order valence-electron chi connectivity index (χ4n) is 4.56. The number of hydrogen-bond donors (Lipinski definition) is 1. The highest BCUT2D eigenvalue weighted by Gasteiger charge is 2.24. The molecular formula is C27H25F2N3O. The molecule has 1 fully saturated rings. The van der Waals surface area contributed by atoms with Crippen molar-refractivity contribution < 1.29 is 13.6 Å². The predicted octanol–water partition coefficient (Wildman–Crippen LogP) is 6.58. The van der Waals surface area contributed by atoms with Crippen molar-refractivity contribution >= 4 is 17.4 Å². The lowest BCUT2D eigenvalue weighted by Gasteiger charge is -2.16. The van der Waals surface area contributed by atoms with Gasteiger partial charge in [-0.15, -0.1) is 0 Å². The van der Waals surface area contributed by atoms with Gasteiger partial charge in [-0.2, -0.15) is 0 Å². The van der Waals surface area contributed by atoms with Crippen LogP contribution in [0.2, 0.25) is 0 Å². The maximum absolute atomic E-state index is 14.1. The van der Waals surface area contributed by atoms with Gasteiger partial charge in [-0.3, -0.25) is 4.99 Å². The summed E-state index contributed by atoms with van der Waals surface area (Å²) in [4.78, 5) is 18.7. The van der Waals surface area contributed by atoms with Crippen LogP contribution in [0.4, 0.5) is 19.3 Å². The van der Waals surface area contributed by atoms with Crippen LogP contribution < -0.4 is 5.32 Å². The molecule has 0 aromatic heterocycles. The van der Waals surface area contributed by atoms with E-state index >= 15 is 0 Å². The van der Waals surface area contributed by atoms with Gasteiger partial charge in [0, 0.05) is 24.5 Å². The zero-order valence-electron chi connectivity index (χ0n) is 18.2. The largest absolute Gasteiger partial charge is 0.325 e. The van der Waals surface area contributed by atoms with Gasteiger partial charge in [-0.1, -0.05) is 42.5 Å². The minimum atomic E-state index is -0.565. The molecule has 2 aliphatic heterocycles. The number of aliphatic imine (C=N–C) groups is 1. The Morgan fingerprint density at radius 2 is 1.48 bits per heavy atom. The number of urea groups is 1. The van der Waals surface area contributed by atoms with Crippen molar-refractivity contribution in [2.24, 2.45) is 4.99 Å². The van der Waals surface area contributed by atoms with Gasteiger partial charge < -0.3 is 10.2 Å². The topological polar surface area (TPSA) is 44.7 Å². The van der Waals surface area contributed by atoms with Gasteiger partial charge in [0.25, 0.3) is 0 Å². The first-order valence-electron chi connectivity index (χ1n) is 11.4. The summed E-state index contributed by atoms with van der Waals surface area (Å²) in [5.74, 6) is -1.13. The maximum Gasteiger partial charge on any atom is 0.321 e. The van der Waals surface area contributed by atoms with E-state index in [-0.39, 0.29) is 17.6 Å². The van der Waals surface area contributed by atoms with Crippen molar-refractivity contribution in [1.82, 2.24) is 4.90 Å². The maximum atomic E-state index is 14.1. The molecule has 2 heterocycles. The molecule has 2 amide bonds. The molecule has 2 aliphatic rings. The summed E-state index contributed by atoms with van der Waals surface area (Å²) < 4.78 is 28.2. The highest BCUT2D eigenvalue weighted by Crippen LogP contribution is 2.33. The first-order valence-corrected chi connectivity index (χ1v) is 11.4. The van der Waals surface area contributed by atoms with Crippen LogP contribution in [-0.4, -0.2) is 29.7 Å². The van der Waals surface area contributed by atoms with Crippen LogP contribution in [0.25, 0.3) is 11.1 Å². The molecule has 0 bridgehead atoms. The van der Waals surface area contributed by atoms with Crippen LogP contribution in [0.15, 0.2) is 71.7 Å². The molecule has 1 unspecified atom stereocenters. The van der Waals surface area contributed by atoms with Crippen molar-refractivity contribution in [2.75, 3.05) is 18.4 Å². The number of amides is 2. The Morgan fingerprint density at radius 1 is 0.879 bits per heavy atom. The molecule has 1 atom stereocenters. The second-order valence-corrected chi connectivity index (χ2v) is 8.55. The minimum Gasteiger partial charge on any atom is -0.325 e. The zero-order chi connectivity index (χ0) is 22.8. The van der Waals surface area contributed by atoms with Crippen LogP contribution >= 0.6 is 0 Å². The van der Waals surface area contributed by atoms with Crippen LogP contribution in [0, 0.1) is 11.6 Å². The third-order valence-electron chi connectivity index (χ3n) is 6.38. The Kier molecular flexibility index (Phi) is 5.90. The molecule has 33 heavy (non-hydrogen) atoms. The summed E-state index contributed by atoms with van der Waals surface area (Å²) >= 11 is 0. The minimum absolute atomic E-state index is 0.00599. The fourth-order valence-corrected chi connectivity index (χ4v) is 4.56. The number of nitrogens with zero attached hydrogens (tertiary/aromatic N) is 2. The average molecular weight is 446 g/mol. The number of likely N-dealkylation sites (tertiary alicyclic amines) is 1. The van der Waals surface area contributed by atoms with Crippen LogP contribution in [0.5, 0.6) is 0 Å². The van der Waals surface area contributed by atoms with Crippen LogP contribution in [0.3, 0.4) is 0 Å². The molecule has 1 N–H and O–H groups in total. The van der Waals surface area contributed by atoms with Crippen molar-refractivity contribution in [3.8, 4) is 11.1 Å². The first kappa shape index (κ1) is 21.3. The van der Waals surface area contributed by atoms with E-state index in [0.717, 1.165) is 54.7 Å². The van der Waals surface area contributed by atoms with Gasteiger partial charge in [0.15, 0.2) is 0 Å². The van der Waals surface area contributed by atoms with Gasteiger partial charge in [0.2, 0.25) is 0 Å². The molecule has 1 saturated heterocycles. The summed E-state index contributed by atoms with van der Waals surface area (Å²) in [6.45, 7) is 1.63. The van der Waals surface area contributed by atoms with E-state index in [0.29, 0.717) is 12.1 Å². The Hall–Kier alpha value is -3.54. The highest BCUT2D eigenvalue weighted by molar-refractivity contribution is 6.02. The number of halogens is 2. The molecule has 3 aromatic rings. The van der Waals surface area contributed by atoms with E-state index in [1.807, 2.05) is 53.4 Å². The zero-order valence-corrected chi connectivity index (χ0v) is 18.2. The second-order valence-electron chi connectivity index (χ2n) is 8.55. The van der Waals surface area contributed by atoms with E-state index in [1.54, 1.807) is 0 Å². The monoisotopic (exact) mass is 445 g/mol. The van der Waals surface area contributed by atoms with Gasteiger partial charge in [0.1, 0.15) is 11.6 Å². The third kappa shape index (κ3) is 4.51. The summed E-state index contributed by atoms with van der Waals surface area (Å²) in [7, 11) is 0. The summed E-state index contributed by atoms with van der Waals surface area (Å²) in [5.41, 5.74) is 4.39. The molecule has 168 valence electrons. The normalized spacial score (nSPS) is 17.8. The smallest absolute Gasteiger partial charge is 0.321 e. The quantitative estimate of drug-likeness (QED) is 0.484. The molecule has 0 spiro atoms. The van der Waals surface area contributed by atoms with Crippen LogP contribution in [-0.2, 0) is 0 Å². The highest BCUT2D eigenvalue weighted by atomic mass is 19.1. The molecule has 6 heteroatoms. The number of carbonyl (C=O) groups excluding carboxylic acids is 1. The second kappa shape index (κ2) is 9.14. The lowest BCUT2D eigenvalue weighted by Crippen LogP contribution is -2.32. The standard InChI is InChI=1S/C27H25F2N3O/c28-22-4-3-5-23(29)26(22)25-15-14-24(31-25)20-8-6-18(7-9-20)19-10-12-21(13-11-19)30-27(33)32-16-1-2-17-32/h3-13,24H,1-2,14-17H2,(H,30,33). The Labute approximate surface area is 192 Å². The number of benzene rings is 3.